The maximum atomic E-state index is 13.8. The normalized spacial score (nSPS) is 18.1. The van der Waals surface area contributed by atoms with Gasteiger partial charge in [-0.25, -0.2) is 18.2 Å². The molecule has 3 atom stereocenters. The number of carbonyl (C=O) groups excluding carboxylic acids is 1. The summed E-state index contributed by atoms with van der Waals surface area (Å²) in [6, 6.07) is 6.89. The number of piperidine rings is 1. The number of aromatic nitrogens is 2. The number of nitrogens with zero attached hydrogens (tertiary/aromatic N) is 2. The molecule has 2 heterocycles. The number of amides is 1. The SMILES string of the molecule is COc1cc2cccc(S(=O)(=O)N[C@@H](CCCNc3ncc[nH]3)C(=O)N3CC[C@@H](C)C[C@H]3OC(=O)O)c2cc1OC. The highest BCUT2D eigenvalue weighted by molar-refractivity contribution is 7.89. The topological polar surface area (TPSA) is 172 Å². The molecule has 2 aromatic carbocycles. The van der Waals surface area contributed by atoms with Gasteiger partial charge in [0.2, 0.25) is 15.9 Å². The van der Waals surface area contributed by atoms with E-state index < -0.39 is 34.4 Å². The molecule has 4 rings (SSSR count). The van der Waals surface area contributed by atoms with Crippen LogP contribution in [0, 0.1) is 5.92 Å². The second kappa shape index (κ2) is 13.1. The summed E-state index contributed by atoms with van der Waals surface area (Å²) in [5.74, 6) is 0.940. The molecule has 1 saturated heterocycles. The van der Waals surface area contributed by atoms with Gasteiger partial charge < -0.3 is 34.5 Å². The number of carbonyl (C=O) groups is 2. The molecular formula is C27H35N5O8S. The van der Waals surface area contributed by atoms with Crippen LogP contribution in [0.5, 0.6) is 11.5 Å². The molecule has 222 valence electrons. The molecule has 4 N–H and O–H groups in total. The fourth-order valence-electron chi connectivity index (χ4n) is 4.94. The van der Waals surface area contributed by atoms with Crippen molar-refractivity contribution in [3.63, 3.8) is 0 Å². The Morgan fingerprint density at radius 1 is 1.22 bits per heavy atom. The molecule has 1 amide bonds. The van der Waals surface area contributed by atoms with Crippen LogP contribution >= 0.6 is 0 Å². The number of methoxy groups -OCH3 is 2. The van der Waals surface area contributed by atoms with Gasteiger partial charge in [-0.15, -0.1) is 0 Å². The highest BCUT2D eigenvalue weighted by Gasteiger charge is 2.37. The van der Waals surface area contributed by atoms with Crippen LogP contribution < -0.4 is 19.5 Å². The van der Waals surface area contributed by atoms with Gasteiger partial charge >= 0.3 is 6.16 Å². The summed E-state index contributed by atoms with van der Waals surface area (Å²) >= 11 is 0. The minimum atomic E-state index is -4.24. The zero-order chi connectivity index (χ0) is 29.6. The third-order valence-corrected chi connectivity index (χ3v) is 8.55. The summed E-state index contributed by atoms with van der Waals surface area (Å²) in [7, 11) is -1.29. The number of sulfonamides is 1. The summed E-state index contributed by atoms with van der Waals surface area (Å²) in [6.45, 7) is 2.60. The van der Waals surface area contributed by atoms with Gasteiger partial charge in [0.25, 0.3) is 0 Å². The lowest BCUT2D eigenvalue weighted by Gasteiger charge is -2.38. The number of imidazole rings is 1. The fourth-order valence-corrected chi connectivity index (χ4v) is 6.39. The zero-order valence-corrected chi connectivity index (χ0v) is 23.9. The second-order valence-electron chi connectivity index (χ2n) is 9.86. The van der Waals surface area contributed by atoms with Crippen molar-refractivity contribution in [2.24, 2.45) is 5.92 Å². The van der Waals surface area contributed by atoms with Crippen molar-refractivity contribution in [1.82, 2.24) is 19.6 Å². The second-order valence-corrected chi connectivity index (χ2v) is 11.5. The van der Waals surface area contributed by atoms with Gasteiger partial charge in [-0.2, -0.15) is 4.72 Å². The van der Waals surface area contributed by atoms with E-state index in [4.69, 9.17) is 14.2 Å². The predicted molar refractivity (Wildman–Crippen MR) is 150 cm³/mol. The molecule has 0 saturated carbocycles. The number of hydrogen-bond donors (Lipinski definition) is 4. The molecule has 41 heavy (non-hydrogen) atoms. The number of rotatable bonds is 12. The van der Waals surface area contributed by atoms with E-state index in [0.717, 1.165) is 0 Å². The van der Waals surface area contributed by atoms with Gasteiger partial charge in [-0.3, -0.25) is 4.79 Å². The average molecular weight is 590 g/mol. The number of hydrogen-bond acceptors (Lipinski definition) is 9. The van der Waals surface area contributed by atoms with E-state index in [1.807, 2.05) is 6.92 Å². The molecule has 0 radical (unpaired) electrons. The van der Waals surface area contributed by atoms with Gasteiger partial charge in [0, 0.05) is 37.3 Å². The van der Waals surface area contributed by atoms with Crippen LogP contribution in [0.25, 0.3) is 10.8 Å². The van der Waals surface area contributed by atoms with Crippen molar-refractivity contribution < 1.29 is 37.3 Å². The molecule has 0 spiro atoms. The molecule has 0 bridgehead atoms. The van der Waals surface area contributed by atoms with E-state index >= 15 is 0 Å². The van der Waals surface area contributed by atoms with Gasteiger partial charge in [-0.1, -0.05) is 19.1 Å². The van der Waals surface area contributed by atoms with Crippen LogP contribution in [0.4, 0.5) is 10.7 Å². The number of fused-ring (bicyclic) bond motifs is 1. The summed E-state index contributed by atoms with van der Waals surface area (Å²) in [4.78, 5) is 33.5. The molecule has 3 aromatic rings. The fraction of sp³-hybridized carbons (Fsp3) is 0.444. The van der Waals surface area contributed by atoms with E-state index in [2.05, 4.69) is 20.0 Å². The summed E-state index contributed by atoms with van der Waals surface area (Å²) in [5, 5.41) is 13.3. The molecule has 0 aliphatic carbocycles. The Kier molecular flexibility index (Phi) is 9.55. The Balaban J connectivity index is 1.63. The molecular weight excluding hydrogens is 554 g/mol. The van der Waals surface area contributed by atoms with Crippen LogP contribution in [0.15, 0.2) is 47.6 Å². The summed E-state index contributed by atoms with van der Waals surface area (Å²) in [6.07, 6.45) is 2.26. The smallest absolute Gasteiger partial charge is 0.493 e. The van der Waals surface area contributed by atoms with Crippen LogP contribution in [0.2, 0.25) is 0 Å². The quantitative estimate of drug-likeness (QED) is 0.181. The van der Waals surface area contributed by atoms with E-state index in [-0.39, 0.29) is 23.8 Å². The lowest BCUT2D eigenvalue weighted by atomic mass is 9.96. The monoisotopic (exact) mass is 589 g/mol. The average Bonchev–Trinajstić information content (AvgIpc) is 3.46. The largest absolute Gasteiger partial charge is 0.507 e. The lowest BCUT2D eigenvalue weighted by molar-refractivity contribution is -0.149. The maximum Gasteiger partial charge on any atom is 0.507 e. The number of H-pyrrole nitrogens is 1. The minimum absolute atomic E-state index is 0.0342. The van der Waals surface area contributed by atoms with Gasteiger partial charge in [0.15, 0.2) is 23.7 Å². The third kappa shape index (κ3) is 7.19. The Hall–Kier alpha value is -4.04. The Bertz CT molecular complexity index is 1460. The van der Waals surface area contributed by atoms with E-state index in [1.54, 1.807) is 36.7 Å². The van der Waals surface area contributed by atoms with E-state index in [1.165, 1.54) is 25.2 Å². The van der Waals surface area contributed by atoms with Gasteiger partial charge in [0.05, 0.1) is 19.1 Å². The van der Waals surface area contributed by atoms with Gasteiger partial charge in [-0.05, 0) is 48.8 Å². The number of nitrogens with one attached hydrogen (secondary N) is 3. The first-order valence-electron chi connectivity index (χ1n) is 13.2. The molecule has 1 aliphatic heterocycles. The van der Waals surface area contributed by atoms with Crippen molar-refractivity contribution in [2.45, 2.75) is 49.8 Å². The zero-order valence-electron chi connectivity index (χ0n) is 23.1. The number of likely N-dealkylation sites (tertiary alicyclic amines) is 1. The molecule has 1 fully saturated rings. The Morgan fingerprint density at radius 3 is 2.66 bits per heavy atom. The van der Waals surface area contributed by atoms with Crippen LogP contribution in [-0.4, -0.2) is 80.0 Å². The number of anilines is 1. The Morgan fingerprint density at radius 2 is 1.98 bits per heavy atom. The van der Waals surface area contributed by atoms with Crippen molar-refractivity contribution in [3.8, 4) is 11.5 Å². The van der Waals surface area contributed by atoms with Gasteiger partial charge in [0.1, 0.15) is 6.04 Å². The molecule has 14 heteroatoms. The maximum absolute atomic E-state index is 13.8. The number of benzene rings is 2. The van der Waals surface area contributed by atoms with E-state index in [9.17, 15) is 23.1 Å². The van der Waals surface area contributed by atoms with E-state index in [0.29, 0.717) is 54.0 Å². The highest BCUT2D eigenvalue weighted by Crippen LogP contribution is 2.35. The van der Waals surface area contributed by atoms with Crippen LogP contribution in [0.1, 0.15) is 32.6 Å². The first kappa shape index (κ1) is 29.9. The third-order valence-electron chi connectivity index (χ3n) is 7.02. The Labute approximate surface area is 238 Å². The lowest BCUT2D eigenvalue weighted by Crippen LogP contribution is -2.55. The first-order chi connectivity index (χ1) is 19.6. The first-order valence-corrected chi connectivity index (χ1v) is 14.7. The van der Waals surface area contributed by atoms with Crippen molar-refractivity contribution in [1.29, 1.82) is 0 Å². The highest BCUT2D eigenvalue weighted by atomic mass is 32.2. The predicted octanol–water partition coefficient (Wildman–Crippen LogP) is 3.40. The van der Waals surface area contributed by atoms with Crippen molar-refractivity contribution in [2.75, 3.05) is 32.6 Å². The van der Waals surface area contributed by atoms with Crippen molar-refractivity contribution in [3.05, 3.63) is 42.7 Å². The number of ether oxygens (including phenoxy) is 3. The van der Waals surface area contributed by atoms with Crippen LogP contribution in [-0.2, 0) is 19.6 Å². The molecule has 1 aliphatic rings. The van der Waals surface area contributed by atoms with Crippen molar-refractivity contribution >= 4 is 38.8 Å². The minimum Gasteiger partial charge on any atom is -0.493 e. The number of aromatic amines is 1. The molecule has 13 nitrogen and oxygen atoms in total. The van der Waals surface area contributed by atoms with Crippen LogP contribution in [0.3, 0.4) is 0 Å². The molecule has 1 aromatic heterocycles. The summed E-state index contributed by atoms with van der Waals surface area (Å²) < 4.78 is 46.0. The number of carboxylic acid groups (broad SMARTS) is 1. The standard InChI is InChI=1S/C27H35N5O8S/c1-17-9-13-32(24(14-17)40-27(34)35)25(33)20(7-5-10-28-26-29-11-12-30-26)31-41(36,37)23-8-4-6-18-15-21(38-2)22(39-3)16-19(18)23/h4,6,8,11-12,15-17,20,24,31H,5,7,9-10,13-14H2,1-3H3,(H,34,35)(H2,28,29,30)/t17-,20+,24-/m1/s1. The molecule has 0 unspecified atom stereocenters. The summed E-state index contributed by atoms with van der Waals surface area (Å²) in [5.41, 5.74) is 0.